The monoisotopic (exact) mass is 497 g/mol. The third-order valence-corrected chi connectivity index (χ3v) is 8.89. The van der Waals surface area contributed by atoms with Crippen LogP contribution in [0, 0.1) is 16.7 Å². The van der Waals surface area contributed by atoms with Gasteiger partial charge in [-0.05, 0) is 47.1 Å². The molecule has 2 aliphatic rings. The first-order valence-electron chi connectivity index (χ1n) is 11.6. The van der Waals surface area contributed by atoms with Crippen LogP contribution >= 0.6 is 0 Å². The highest BCUT2D eigenvalue weighted by Crippen LogP contribution is 2.69. The number of carbonyl (C=O) groups excluding carboxylic acids is 3. The number of hydrogen-bond donors (Lipinski definition) is 1. The minimum atomic E-state index is -3.80. The molecule has 1 unspecified atom stereocenters. The molecule has 0 aromatic heterocycles. The maximum absolute atomic E-state index is 13.8. The van der Waals surface area contributed by atoms with E-state index in [2.05, 4.69) is 0 Å². The van der Waals surface area contributed by atoms with Gasteiger partial charge in [0, 0.05) is 12.5 Å². The van der Waals surface area contributed by atoms with Gasteiger partial charge in [0.2, 0.25) is 21.8 Å². The highest BCUT2D eigenvalue weighted by Gasteiger charge is 2.69. The second kappa shape index (κ2) is 8.57. The normalized spacial score (nSPS) is 21.3. The lowest BCUT2D eigenvalue weighted by molar-refractivity contribution is -0.140. The number of sulfonamides is 1. The van der Waals surface area contributed by atoms with E-state index in [9.17, 15) is 22.8 Å². The number of carbonyl (C=O) groups is 3. The highest BCUT2D eigenvalue weighted by atomic mass is 32.2. The molecule has 4 rings (SSSR count). The Bertz CT molecular complexity index is 1260. The number of benzene rings is 2. The standard InChI is InChI=1S/C26H31N3O5S/c1-25(2)22(26(25,3)4)24(32)28(15-14-17-10-12-19(13-11-17)35(27,33)34)20-16-21(30)29(23(20)31)18-8-6-5-7-9-18/h5-13,20,22H,14-16H2,1-4H3,(H2,27,33,34). The van der Waals surface area contributed by atoms with Gasteiger partial charge in [-0.15, -0.1) is 0 Å². The summed E-state index contributed by atoms with van der Waals surface area (Å²) in [6, 6.07) is 14.0. The zero-order valence-electron chi connectivity index (χ0n) is 20.4. The molecule has 2 N–H and O–H groups in total. The number of imide groups is 1. The van der Waals surface area contributed by atoms with E-state index < -0.39 is 22.0 Å². The van der Waals surface area contributed by atoms with Gasteiger partial charge < -0.3 is 4.90 Å². The summed E-state index contributed by atoms with van der Waals surface area (Å²) in [5.41, 5.74) is 0.818. The van der Waals surface area contributed by atoms with E-state index in [-0.39, 0.29) is 46.4 Å². The smallest absolute Gasteiger partial charge is 0.257 e. The fourth-order valence-electron chi connectivity index (χ4n) is 5.20. The molecule has 8 nitrogen and oxygen atoms in total. The molecule has 2 aromatic carbocycles. The summed E-state index contributed by atoms with van der Waals surface area (Å²) in [6.45, 7) is 8.38. The van der Waals surface area contributed by atoms with E-state index in [0.717, 1.165) is 10.5 Å². The maximum atomic E-state index is 13.8. The van der Waals surface area contributed by atoms with E-state index in [1.165, 1.54) is 12.1 Å². The summed E-state index contributed by atoms with van der Waals surface area (Å²) in [4.78, 5) is 42.8. The quantitative estimate of drug-likeness (QED) is 0.590. The number of anilines is 1. The van der Waals surface area contributed by atoms with E-state index in [1.54, 1.807) is 47.4 Å². The van der Waals surface area contributed by atoms with E-state index in [1.807, 2.05) is 27.7 Å². The maximum Gasteiger partial charge on any atom is 0.257 e. The molecule has 1 aliphatic heterocycles. The third-order valence-electron chi connectivity index (χ3n) is 7.96. The number of hydrogen-bond acceptors (Lipinski definition) is 5. The van der Waals surface area contributed by atoms with Gasteiger partial charge in [0.15, 0.2) is 0 Å². The average Bonchev–Trinajstić information content (AvgIpc) is 3.02. The number of nitrogens with two attached hydrogens (primary N) is 1. The Morgan fingerprint density at radius 1 is 1.00 bits per heavy atom. The molecule has 0 radical (unpaired) electrons. The SMILES string of the molecule is CC1(C)C(C(=O)N(CCc2ccc(S(N)(=O)=O)cc2)C2CC(=O)N(c3ccccc3)C2=O)C1(C)C. The van der Waals surface area contributed by atoms with Crippen LogP contribution in [-0.2, 0) is 30.8 Å². The predicted octanol–water partition coefficient (Wildman–Crippen LogP) is 2.72. The molecular weight excluding hydrogens is 466 g/mol. The second-order valence-corrected chi connectivity index (χ2v) is 12.0. The van der Waals surface area contributed by atoms with E-state index >= 15 is 0 Å². The van der Waals surface area contributed by atoms with Gasteiger partial charge >= 0.3 is 0 Å². The number of rotatable bonds is 7. The van der Waals surface area contributed by atoms with Gasteiger partial charge in [0.05, 0.1) is 17.0 Å². The van der Waals surface area contributed by atoms with Crippen LogP contribution < -0.4 is 10.0 Å². The van der Waals surface area contributed by atoms with Crippen molar-refractivity contribution >= 4 is 33.4 Å². The lowest BCUT2D eigenvalue weighted by atomic mass is 10.0. The molecule has 35 heavy (non-hydrogen) atoms. The zero-order valence-corrected chi connectivity index (χ0v) is 21.2. The Kier molecular flexibility index (Phi) is 6.13. The summed E-state index contributed by atoms with van der Waals surface area (Å²) in [5.74, 6) is -1.15. The molecule has 1 atom stereocenters. The van der Waals surface area contributed by atoms with Crippen LogP contribution in [0.5, 0.6) is 0 Å². The number of primary sulfonamides is 1. The first kappa shape index (κ1) is 25.1. The van der Waals surface area contributed by atoms with Crippen LogP contribution in [-0.4, -0.2) is 43.6 Å². The Labute approximate surface area is 206 Å². The molecule has 1 aliphatic carbocycles. The lowest BCUT2D eigenvalue weighted by Gasteiger charge is -2.29. The van der Waals surface area contributed by atoms with Crippen LogP contribution in [0.3, 0.4) is 0 Å². The Morgan fingerprint density at radius 2 is 1.57 bits per heavy atom. The average molecular weight is 498 g/mol. The Morgan fingerprint density at radius 3 is 2.09 bits per heavy atom. The van der Waals surface area contributed by atoms with Gasteiger partial charge in [-0.1, -0.05) is 58.0 Å². The molecule has 0 spiro atoms. The summed E-state index contributed by atoms with van der Waals surface area (Å²) in [5, 5.41) is 5.18. The Hall–Kier alpha value is -3.04. The van der Waals surface area contributed by atoms with Crippen molar-refractivity contribution < 1.29 is 22.8 Å². The van der Waals surface area contributed by atoms with Crippen LogP contribution in [0.15, 0.2) is 59.5 Å². The first-order valence-corrected chi connectivity index (χ1v) is 13.2. The van der Waals surface area contributed by atoms with Crippen molar-refractivity contribution in [3.8, 4) is 0 Å². The van der Waals surface area contributed by atoms with Gasteiger partial charge in [-0.3, -0.25) is 14.4 Å². The molecule has 1 saturated heterocycles. The minimum Gasteiger partial charge on any atom is -0.329 e. The van der Waals surface area contributed by atoms with E-state index in [0.29, 0.717) is 12.1 Å². The summed E-state index contributed by atoms with van der Waals surface area (Å²) in [6.07, 6.45) is 0.324. The molecule has 9 heteroatoms. The fourth-order valence-corrected chi connectivity index (χ4v) is 5.72. The van der Waals surface area contributed by atoms with Crippen molar-refractivity contribution in [1.82, 2.24) is 4.90 Å². The summed E-state index contributed by atoms with van der Waals surface area (Å²) >= 11 is 0. The molecule has 3 amide bonds. The minimum absolute atomic E-state index is 0.00531. The molecule has 1 saturated carbocycles. The largest absolute Gasteiger partial charge is 0.329 e. The highest BCUT2D eigenvalue weighted by molar-refractivity contribution is 7.89. The molecular formula is C26H31N3O5S. The van der Waals surface area contributed by atoms with Crippen molar-refractivity contribution in [2.45, 2.75) is 51.5 Å². The molecule has 0 bridgehead atoms. The summed E-state index contributed by atoms with van der Waals surface area (Å²) < 4.78 is 23.1. The van der Waals surface area contributed by atoms with Crippen molar-refractivity contribution in [3.63, 3.8) is 0 Å². The third kappa shape index (κ3) is 4.38. The second-order valence-electron chi connectivity index (χ2n) is 10.5. The van der Waals surface area contributed by atoms with Crippen molar-refractivity contribution in [2.24, 2.45) is 21.9 Å². The van der Waals surface area contributed by atoms with Crippen molar-refractivity contribution in [1.29, 1.82) is 0 Å². The summed E-state index contributed by atoms with van der Waals surface area (Å²) in [7, 11) is -3.80. The van der Waals surface area contributed by atoms with Gasteiger partial charge in [0.25, 0.3) is 5.91 Å². The topological polar surface area (TPSA) is 118 Å². The first-order chi connectivity index (χ1) is 16.3. The predicted molar refractivity (Wildman–Crippen MR) is 132 cm³/mol. The van der Waals surface area contributed by atoms with Gasteiger partial charge in [-0.25, -0.2) is 18.5 Å². The van der Waals surface area contributed by atoms with Crippen LogP contribution in [0.2, 0.25) is 0 Å². The fraction of sp³-hybridized carbons (Fsp3) is 0.423. The lowest BCUT2D eigenvalue weighted by Crippen LogP contribution is -2.47. The molecule has 2 fully saturated rings. The van der Waals surface area contributed by atoms with E-state index in [4.69, 9.17) is 5.14 Å². The van der Waals surface area contributed by atoms with Crippen LogP contribution in [0.1, 0.15) is 39.7 Å². The van der Waals surface area contributed by atoms with Crippen LogP contribution in [0.25, 0.3) is 0 Å². The number of para-hydroxylation sites is 1. The zero-order chi connectivity index (χ0) is 25.8. The molecule has 1 heterocycles. The molecule has 2 aromatic rings. The van der Waals surface area contributed by atoms with Gasteiger partial charge in [-0.2, -0.15) is 0 Å². The number of amides is 3. The van der Waals surface area contributed by atoms with Crippen LogP contribution in [0.4, 0.5) is 5.69 Å². The number of nitrogens with zero attached hydrogens (tertiary/aromatic N) is 2. The van der Waals surface area contributed by atoms with Gasteiger partial charge in [0.1, 0.15) is 6.04 Å². The molecule has 186 valence electrons. The van der Waals surface area contributed by atoms with Crippen molar-refractivity contribution in [2.75, 3.05) is 11.4 Å². The van der Waals surface area contributed by atoms with Crippen molar-refractivity contribution in [3.05, 3.63) is 60.2 Å². The Balaban J connectivity index is 1.61.